The number of hydrogen-bond donors (Lipinski definition) is 1. The largest absolute Gasteiger partial charge is 0.481 e. The van der Waals surface area contributed by atoms with Gasteiger partial charge >= 0.3 is 5.97 Å². The van der Waals surface area contributed by atoms with Gasteiger partial charge in [0.05, 0.1) is 25.3 Å². The van der Waals surface area contributed by atoms with E-state index < -0.39 is 0 Å². The van der Waals surface area contributed by atoms with Gasteiger partial charge in [0, 0.05) is 19.2 Å². The summed E-state index contributed by atoms with van der Waals surface area (Å²) in [6, 6.07) is 0. The van der Waals surface area contributed by atoms with E-state index in [0.717, 1.165) is 11.3 Å². The Labute approximate surface area is 107 Å². The number of methoxy groups -OCH3 is 1. The third-order valence-electron chi connectivity index (χ3n) is 2.84. The summed E-state index contributed by atoms with van der Waals surface area (Å²) in [6.07, 6.45) is 0.484. The van der Waals surface area contributed by atoms with Gasteiger partial charge in [0.15, 0.2) is 0 Å². The molecular weight excluding hydrogens is 234 g/mol. The lowest BCUT2D eigenvalue weighted by Crippen LogP contribution is -2.28. The van der Waals surface area contributed by atoms with Crippen LogP contribution < -0.4 is 10.5 Å². The summed E-state index contributed by atoms with van der Waals surface area (Å²) in [5, 5.41) is 4.27. The number of carbonyl (C=O) groups is 1. The fraction of sp³-hybridized carbons (Fsp3) is 0.667. The molecule has 1 atom stereocenters. The molecule has 0 aliphatic heterocycles. The number of carbonyl (C=O) groups excluding carboxylic acids is 1. The molecule has 1 aromatic rings. The summed E-state index contributed by atoms with van der Waals surface area (Å²) in [6.45, 7) is 4.27. The van der Waals surface area contributed by atoms with Crippen LogP contribution in [0, 0.1) is 12.8 Å². The van der Waals surface area contributed by atoms with E-state index in [1.54, 1.807) is 25.8 Å². The molecule has 1 aromatic heterocycles. The first-order chi connectivity index (χ1) is 8.54. The summed E-state index contributed by atoms with van der Waals surface area (Å²) in [4.78, 5) is 11.7. The van der Waals surface area contributed by atoms with Gasteiger partial charge in [-0.2, -0.15) is 5.10 Å². The third-order valence-corrected chi connectivity index (χ3v) is 2.84. The van der Waals surface area contributed by atoms with Gasteiger partial charge in [0.1, 0.15) is 0 Å². The van der Waals surface area contributed by atoms with Gasteiger partial charge in [-0.1, -0.05) is 0 Å². The van der Waals surface area contributed by atoms with Gasteiger partial charge in [-0.3, -0.25) is 4.79 Å². The normalized spacial score (nSPS) is 12.3. The number of aromatic nitrogens is 2. The Kier molecular flexibility index (Phi) is 5.15. The predicted octanol–water partition coefficient (Wildman–Crippen LogP) is 0.418. The van der Waals surface area contributed by atoms with Crippen molar-refractivity contribution in [3.05, 3.63) is 11.3 Å². The minimum Gasteiger partial charge on any atom is -0.481 e. The molecule has 1 rings (SSSR count). The molecule has 6 nitrogen and oxygen atoms in total. The monoisotopic (exact) mass is 255 g/mol. The van der Waals surface area contributed by atoms with Crippen molar-refractivity contribution >= 4 is 5.97 Å². The maximum Gasteiger partial charge on any atom is 0.310 e. The van der Waals surface area contributed by atoms with E-state index in [4.69, 9.17) is 15.2 Å². The predicted molar refractivity (Wildman–Crippen MR) is 67.4 cm³/mol. The molecule has 0 fully saturated rings. The van der Waals surface area contributed by atoms with Crippen molar-refractivity contribution in [3.63, 3.8) is 0 Å². The van der Waals surface area contributed by atoms with E-state index in [1.807, 2.05) is 6.92 Å². The Morgan fingerprint density at radius 3 is 2.72 bits per heavy atom. The molecule has 1 heterocycles. The van der Waals surface area contributed by atoms with Crippen LogP contribution in [0.4, 0.5) is 0 Å². The van der Waals surface area contributed by atoms with E-state index in [9.17, 15) is 4.79 Å². The lowest BCUT2D eigenvalue weighted by molar-refractivity contribution is -0.147. The highest BCUT2D eigenvalue weighted by Gasteiger charge is 2.24. The van der Waals surface area contributed by atoms with Gasteiger partial charge in [-0.25, -0.2) is 4.68 Å². The highest BCUT2D eigenvalue weighted by molar-refractivity contribution is 5.73. The second-order valence-corrected chi connectivity index (χ2v) is 4.09. The summed E-state index contributed by atoms with van der Waals surface area (Å²) in [5.74, 6) is 0.0299. The van der Waals surface area contributed by atoms with E-state index in [1.165, 1.54) is 0 Å². The van der Waals surface area contributed by atoms with Crippen molar-refractivity contribution in [2.45, 2.75) is 20.3 Å². The van der Waals surface area contributed by atoms with Gasteiger partial charge in [0.25, 0.3) is 0 Å². The highest BCUT2D eigenvalue weighted by atomic mass is 16.5. The molecular formula is C12H21N3O3. The van der Waals surface area contributed by atoms with Gasteiger partial charge in [-0.05, 0) is 20.3 Å². The summed E-state index contributed by atoms with van der Waals surface area (Å²) < 4.78 is 11.9. The molecule has 1 unspecified atom stereocenters. The summed E-state index contributed by atoms with van der Waals surface area (Å²) in [7, 11) is 3.39. The van der Waals surface area contributed by atoms with Crippen LogP contribution in [-0.2, 0) is 23.0 Å². The van der Waals surface area contributed by atoms with Crippen LogP contribution in [0.25, 0.3) is 0 Å². The van der Waals surface area contributed by atoms with Crippen LogP contribution in [-0.4, -0.2) is 36.0 Å². The number of nitrogens with two attached hydrogens (primary N) is 1. The molecule has 0 saturated heterocycles. The van der Waals surface area contributed by atoms with Gasteiger partial charge in [0.2, 0.25) is 5.88 Å². The van der Waals surface area contributed by atoms with Crippen molar-refractivity contribution in [1.82, 2.24) is 9.78 Å². The molecule has 6 heteroatoms. The standard InChI is InChI=1S/C12H21N3O3/c1-5-18-12(16)9(7-13)6-10-8(2)14-15(3)11(10)17-4/h9H,5-7,13H2,1-4H3. The zero-order chi connectivity index (χ0) is 13.7. The number of esters is 1. The van der Waals surface area contributed by atoms with E-state index in [-0.39, 0.29) is 18.4 Å². The van der Waals surface area contributed by atoms with Crippen molar-refractivity contribution in [2.75, 3.05) is 20.3 Å². The van der Waals surface area contributed by atoms with E-state index in [0.29, 0.717) is 18.9 Å². The molecule has 0 amide bonds. The third kappa shape index (κ3) is 3.01. The first kappa shape index (κ1) is 14.5. The lowest BCUT2D eigenvalue weighted by atomic mass is 10.00. The van der Waals surface area contributed by atoms with Crippen LogP contribution in [0.1, 0.15) is 18.2 Å². The van der Waals surface area contributed by atoms with E-state index >= 15 is 0 Å². The Morgan fingerprint density at radius 2 is 2.22 bits per heavy atom. The Hall–Kier alpha value is -1.56. The zero-order valence-electron chi connectivity index (χ0n) is 11.4. The Balaban J connectivity index is 2.91. The average Bonchev–Trinajstić information content (AvgIpc) is 2.60. The summed E-state index contributed by atoms with van der Waals surface area (Å²) >= 11 is 0. The quantitative estimate of drug-likeness (QED) is 0.745. The molecule has 2 N–H and O–H groups in total. The number of rotatable bonds is 6. The molecule has 0 aliphatic carbocycles. The molecule has 0 aromatic carbocycles. The SMILES string of the molecule is CCOC(=O)C(CN)Cc1c(C)nn(C)c1OC. The van der Waals surface area contributed by atoms with Crippen molar-refractivity contribution in [3.8, 4) is 5.88 Å². The molecule has 0 bridgehead atoms. The smallest absolute Gasteiger partial charge is 0.310 e. The first-order valence-electron chi connectivity index (χ1n) is 5.98. The lowest BCUT2D eigenvalue weighted by Gasteiger charge is -2.13. The fourth-order valence-electron chi connectivity index (χ4n) is 1.94. The average molecular weight is 255 g/mol. The molecule has 0 radical (unpaired) electrons. The Morgan fingerprint density at radius 1 is 1.56 bits per heavy atom. The minimum atomic E-state index is -0.359. The fourth-order valence-corrected chi connectivity index (χ4v) is 1.94. The van der Waals surface area contributed by atoms with Crippen molar-refractivity contribution < 1.29 is 14.3 Å². The second kappa shape index (κ2) is 6.39. The number of aryl methyl sites for hydroxylation is 2. The molecule has 18 heavy (non-hydrogen) atoms. The van der Waals surface area contributed by atoms with Crippen LogP contribution >= 0.6 is 0 Å². The van der Waals surface area contributed by atoms with Gasteiger partial charge in [-0.15, -0.1) is 0 Å². The number of ether oxygens (including phenoxy) is 2. The van der Waals surface area contributed by atoms with E-state index in [2.05, 4.69) is 5.10 Å². The van der Waals surface area contributed by atoms with Crippen molar-refractivity contribution in [2.24, 2.45) is 18.7 Å². The maximum atomic E-state index is 11.7. The van der Waals surface area contributed by atoms with Gasteiger partial charge < -0.3 is 15.2 Å². The molecule has 0 saturated carbocycles. The van der Waals surface area contributed by atoms with Crippen LogP contribution in [0.5, 0.6) is 5.88 Å². The first-order valence-corrected chi connectivity index (χ1v) is 5.98. The van der Waals surface area contributed by atoms with Crippen LogP contribution in [0.15, 0.2) is 0 Å². The van der Waals surface area contributed by atoms with Crippen molar-refractivity contribution in [1.29, 1.82) is 0 Å². The Bertz CT molecular complexity index is 415. The van der Waals surface area contributed by atoms with Crippen LogP contribution in [0.2, 0.25) is 0 Å². The minimum absolute atomic E-state index is 0.246. The second-order valence-electron chi connectivity index (χ2n) is 4.09. The molecule has 0 spiro atoms. The number of nitrogens with zero attached hydrogens (tertiary/aromatic N) is 2. The zero-order valence-corrected chi connectivity index (χ0v) is 11.4. The molecule has 102 valence electrons. The van der Waals surface area contributed by atoms with Crippen LogP contribution in [0.3, 0.4) is 0 Å². The summed E-state index contributed by atoms with van der Waals surface area (Å²) in [5.41, 5.74) is 7.38. The molecule has 0 aliphatic rings. The highest BCUT2D eigenvalue weighted by Crippen LogP contribution is 2.24. The maximum absolute atomic E-state index is 11.7. The topological polar surface area (TPSA) is 79.4 Å². The number of hydrogen-bond acceptors (Lipinski definition) is 5.